The van der Waals surface area contributed by atoms with Crippen LogP contribution < -0.4 is 9.47 Å². The fourth-order valence-electron chi connectivity index (χ4n) is 2.16. The van der Waals surface area contributed by atoms with Crippen molar-refractivity contribution >= 4 is 15.8 Å². The lowest BCUT2D eigenvalue weighted by atomic mass is 10.1. The van der Waals surface area contributed by atoms with Crippen molar-refractivity contribution < 1.29 is 32.3 Å². The first-order chi connectivity index (χ1) is 10.4. The number of carboxylic acids is 1. The van der Waals surface area contributed by atoms with Crippen LogP contribution in [0.25, 0.3) is 11.3 Å². The highest BCUT2D eigenvalue weighted by Crippen LogP contribution is 2.42. The predicted octanol–water partition coefficient (Wildman–Crippen LogP) is 1.21. The van der Waals surface area contributed by atoms with E-state index in [1.54, 1.807) is 6.07 Å². The minimum Gasteiger partial charge on any atom is -0.486 e. The second-order valence-electron chi connectivity index (χ2n) is 4.62. The molecule has 1 aliphatic rings. The molecule has 0 fully saturated rings. The molecule has 116 valence electrons. The van der Waals surface area contributed by atoms with E-state index in [0.717, 1.165) is 12.3 Å². The molecule has 0 amide bonds. The monoisotopic (exact) mass is 325 g/mol. The van der Waals surface area contributed by atoms with E-state index in [0.29, 0.717) is 12.4 Å². The molecule has 2 heterocycles. The van der Waals surface area contributed by atoms with Gasteiger partial charge in [-0.3, -0.25) is 0 Å². The molecule has 0 radical (unpaired) electrons. The Bertz CT molecular complexity index is 853. The molecule has 22 heavy (non-hydrogen) atoms. The Labute approximate surface area is 125 Å². The molecule has 2 aromatic rings. The van der Waals surface area contributed by atoms with Crippen molar-refractivity contribution in [2.75, 3.05) is 19.5 Å². The maximum Gasteiger partial charge on any atom is 0.358 e. The van der Waals surface area contributed by atoms with Crippen molar-refractivity contribution in [1.82, 2.24) is 5.16 Å². The van der Waals surface area contributed by atoms with Crippen LogP contribution in [-0.4, -0.2) is 44.1 Å². The van der Waals surface area contributed by atoms with Crippen molar-refractivity contribution in [1.29, 1.82) is 0 Å². The molecular weight excluding hydrogens is 314 g/mol. The number of carbonyl (C=O) groups is 1. The van der Waals surface area contributed by atoms with Crippen LogP contribution in [0.2, 0.25) is 0 Å². The number of aromatic nitrogens is 1. The van der Waals surface area contributed by atoms with Crippen LogP contribution in [0.15, 0.2) is 27.6 Å². The fraction of sp³-hybridized carbons (Fsp3) is 0.231. The van der Waals surface area contributed by atoms with Gasteiger partial charge in [0.05, 0.1) is 0 Å². The third kappa shape index (κ3) is 2.39. The van der Waals surface area contributed by atoms with Crippen molar-refractivity contribution in [3.8, 4) is 22.8 Å². The maximum absolute atomic E-state index is 12.1. The number of fused-ring (bicyclic) bond motifs is 1. The van der Waals surface area contributed by atoms with Gasteiger partial charge in [0, 0.05) is 17.9 Å². The number of aromatic carboxylic acids is 1. The predicted molar refractivity (Wildman–Crippen MR) is 73.0 cm³/mol. The molecule has 0 saturated heterocycles. The Morgan fingerprint density at radius 2 is 2.00 bits per heavy atom. The number of sulfone groups is 1. The molecule has 0 spiro atoms. The third-order valence-corrected chi connectivity index (χ3v) is 4.18. The number of hydrogen-bond acceptors (Lipinski definition) is 7. The molecule has 3 rings (SSSR count). The van der Waals surface area contributed by atoms with Crippen molar-refractivity contribution in [2.45, 2.75) is 4.90 Å². The number of benzene rings is 1. The summed E-state index contributed by atoms with van der Waals surface area (Å²) in [5.41, 5.74) is -0.143. The van der Waals surface area contributed by atoms with E-state index in [4.69, 9.17) is 19.1 Å². The van der Waals surface area contributed by atoms with Crippen molar-refractivity contribution in [3.63, 3.8) is 0 Å². The first-order valence-electron chi connectivity index (χ1n) is 6.21. The number of rotatable bonds is 3. The number of carboxylic acid groups (broad SMARTS) is 1. The summed E-state index contributed by atoms with van der Waals surface area (Å²) in [6.45, 7) is 0.538. The highest BCUT2D eigenvalue weighted by atomic mass is 32.2. The number of ether oxygens (including phenoxy) is 2. The van der Waals surface area contributed by atoms with Gasteiger partial charge in [-0.05, 0) is 12.1 Å². The lowest BCUT2D eigenvalue weighted by Gasteiger charge is -2.21. The van der Waals surface area contributed by atoms with E-state index in [2.05, 4.69) is 5.16 Å². The molecule has 0 aliphatic carbocycles. The van der Waals surface area contributed by atoms with Gasteiger partial charge in [0.2, 0.25) is 0 Å². The van der Waals surface area contributed by atoms with Gasteiger partial charge in [0.1, 0.15) is 18.1 Å². The first kappa shape index (κ1) is 14.4. The fourth-order valence-corrected chi connectivity index (χ4v) is 3.22. The summed E-state index contributed by atoms with van der Waals surface area (Å²) in [7, 11) is -3.67. The average Bonchev–Trinajstić information content (AvgIpc) is 2.95. The van der Waals surface area contributed by atoms with E-state index in [1.807, 2.05) is 0 Å². The average molecular weight is 325 g/mol. The summed E-state index contributed by atoms with van der Waals surface area (Å²) < 4.78 is 40.0. The molecule has 1 aromatic carbocycles. The summed E-state index contributed by atoms with van der Waals surface area (Å²) in [6.07, 6.45) is 1.03. The van der Waals surface area contributed by atoms with Crippen LogP contribution in [0.5, 0.6) is 11.5 Å². The third-order valence-electron chi connectivity index (χ3n) is 3.03. The highest BCUT2D eigenvalue weighted by molar-refractivity contribution is 7.91. The Hall–Kier alpha value is -2.55. The lowest BCUT2D eigenvalue weighted by Crippen LogP contribution is -2.18. The van der Waals surface area contributed by atoms with E-state index >= 15 is 0 Å². The quantitative estimate of drug-likeness (QED) is 0.895. The van der Waals surface area contributed by atoms with Crippen LogP contribution in [0, 0.1) is 0 Å². The Balaban J connectivity index is 2.25. The van der Waals surface area contributed by atoms with Gasteiger partial charge < -0.3 is 19.1 Å². The van der Waals surface area contributed by atoms with Crippen molar-refractivity contribution in [2.24, 2.45) is 0 Å². The van der Waals surface area contributed by atoms with Gasteiger partial charge in [-0.25, -0.2) is 13.2 Å². The maximum atomic E-state index is 12.1. The minimum absolute atomic E-state index is 0.0230. The van der Waals surface area contributed by atoms with Crippen LogP contribution in [0.4, 0.5) is 0 Å². The molecular formula is C13H11NO7S. The molecule has 1 aliphatic heterocycles. The van der Waals surface area contributed by atoms with Gasteiger partial charge in [0.15, 0.2) is 32.8 Å². The Morgan fingerprint density at radius 1 is 1.27 bits per heavy atom. The molecule has 0 bridgehead atoms. The first-order valence-corrected chi connectivity index (χ1v) is 8.10. The molecule has 9 heteroatoms. The van der Waals surface area contributed by atoms with Gasteiger partial charge in [-0.2, -0.15) is 0 Å². The van der Waals surface area contributed by atoms with E-state index < -0.39 is 15.8 Å². The number of nitrogens with zero attached hydrogens (tertiary/aromatic N) is 1. The minimum atomic E-state index is -3.67. The zero-order valence-electron chi connectivity index (χ0n) is 11.4. The zero-order chi connectivity index (χ0) is 15.9. The summed E-state index contributed by atoms with van der Waals surface area (Å²) in [4.78, 5) is 10.8. The summed E-state index contributed by atoms with van der Waals surface area (Å²) in [5.74, 6) is -0.837. The van der Waals surface area contributed by atoms with E-state index in [-0.39, 0.29) is 34.3 Å². The topological polar surface area (TPSA) is 116 Å². The van der Waals surface area contributed by atoms with Crippen LogP contribution in [0.1, 0.15) is 10.5 Å². The number of hydrogen-bond donors (Lipinski definition) is 1. The van der Waals surface area contributed by atoms with Gasteiger partial charge in [-0.1, -0.05) is 5.16 Å². The van der Waals surface area contributed by atoms with Crippen molar-refractivity contribution in [3.05, 3.63) is 23.9 Å². The smallest absolute Gasteiger partial charge is 0.358 e. The lowest BCUT2D eigenvalue weighted by molar-refractivity contribution is 0.0686. The molecule has 0 unspecified atom stereocenters. The van der Waals surface area contributed by atoms with Gasteiger partial charge >= 0.3 is 5.97 Å². The van der Waals surface area contributed by atoms with E-state index in [1.165, 1.54) is 6.07 Å². The summed E-state index contributed by atoms with van der Waals surface area (Å²) >= 11 is 0. The Morgan fingerprint density at radius 3 is 2.64 bits per heavy atom. The second-order valence-corrected chi connectivity index (χ2v) is 6.57. The standard InChI is InChI=1S/C13H11NO7S/c1-22(17,18)12-7(10-6-8(13(15)16)14-21-10)2-3-9-11(12)20-5-4-19-9/h2-3,6H,4-5H2,1H3,(H,15,16). The molecule has 0 atom stereocenters. The van der Waals surface area contributed by atoms with Crippen LogP contribution in [0.3, 0.4) is 0 Å². The highest BCUT2D eigenvalue weighted by Gasteiger charge is 2.28. The zero-order valence-corrected chi connectivity index (χ0v) is 12.2. The molecule has 1 N–H and O–H groups in total. The normalized spacial score (nSPS) is 13.9. The largest absolute Gasteiger partial charge is 0.486 e. The molecule has 0 saturated carbocycles. The van der Waals surface area contributed by atoms with E-state index in [9.17, 15) is 13.2 Å². The second kappa shape index (κ2) is 5.02. The van der Waals surface area contributed by atoms with Gasteiger partial charge in [0.25, 0.3) is 0 Å². The Kier molecular flexibility index (Phi) is 3.28. The SMILES string of the molecule is CS(=O)(=O)c1c(-c2cc(C(=O)O)no2)ccc2c1OCCO2. The van der Waals surface area contributed by atoms with Crippen LogP contribution in [-0.2, 0) is 9.84 Å². The summed E-state index contributed by atoms with van der Waals surface area (Å²) in [5, 5.41) is 12.3. The molecule has 8 nitrogen and oxygen atoms in total. The van der Waals surface area contributed by atoms with Gasteiger partial charge in [-0.15, -0.1) is 0 Å². The molecule has 1 aromatic heterocycles. The summed E-state index contributed by atoms with van der Waals surface area (Å²) in [6, 6.07) is 4.17. The van der Waals surface area contributed by atoms with Crippen LogP contribution >= 0.6 is 0 Å².